The molecule has 2 heterocycles. The Morgan fingerprint density at radius 1 is 1.12 bits per heavy atom. The SMILES string of the molecule is CCOC(=O)C1CCC(OC(N2CCCC2)N2CCC2(C)C)CC1. The summed E-state index contributed by atoms with van der Waals surface area (Å²) in [4.78, 5) is 16.9. The fourth-order valence-electron chi connectivity index (χ4n) is 4.28. The highest BCUT2D eigenvalue weighted by Gasteiger charge is 2.44. The number of esters is 1. The molecule has 1 saturated carbocycles. The van der Waals surface area contributed by atoms with Crippen LogP contribution in [0.2, 0.25) is 0 Å². The second-order valence-corrected chi connectivity index (χ2v) is 8.19. The maximum absolute atomic E-state index is 11.9. The molecule has 5 heteroatoms. The largest absolute Gasteiger partial charge is 0.466 e. The Bertz CT molecular complexity index is 426. The zero-order valence-electron chi connectivity index (χ0n) is 15.6. The van der Waals surface area contributed by atoms with Crippen LogP contribution in [0.25, 0.3) is 0 Å². The third-order valence-electron chi connectivity index (χ3n) is 6.07. The molecule has 0 bridgehead atoms. The summed E-state index contributed by atoms with van der Waals surface area (Å²) in [5.41, 5.74) is 0.245. The summed E-state index contributed by atoms with van der Waals surface area (Å²) in [6.07, 6.45) is 7.96. The van der Waals surface area contributed by atoms with Gasteiger partial charge in [0.15, 0.2) is 6.35 Å². The lowest BCUT2D eigenvalue weighted by molar-refractivity contribution is -0.234. The van der Waals surface area contributed by atoms with Gasteiger partial charge in [0.1, 0.15) is 0 Å². The van der Waals surface area contributed by atoms with Gasteiger partial charge in [0.05, 0.1) is 18.6 Å². The van der Waals surface area contributed by atoms with E-state index in [1.165, 1.54) is 19.3 Å². The molecule has 0 radical (unpaired) electrons. The van der Waals surface area contributed by atoms with Crippen molar-refractivity contribution in [3.8, 4) is 0 Å². The third kappa shape index (κ3) is 3.94. The van der Waals surface area contributed by atoms with Crippen LogP contribution in [0, 0.1) is 5.92 Å². The second-order valence-electron chi connectivity index (χ2n) is 8.19. The number of hydrogen-bond acceptors (Lipinski definition) is 5. The van der Waals surface area contributed by atoms with Gasteiger partial charge in [-0.1, -0.05) is 0 Å². The zero-order chi connectivity index (χ0) is 17.2. The first-order valence-corrected chi connectivity index (χ1v) is 9.84. The summed E-state index contributed by atoms with van der Waals surface area (Å²) in [6.45, 7) is 10.4. The lowest BCUT2D eigenvalue weighted by atomic mass is 9.87. The minimum atomic E-state index is -0.0177. The molecule has 138 valence electrons. The van der Waals surface area contributed by atoms with E-state index in [0.29, 0.717) is 6.61 Å². The van der Waals surface area contributed by atoms with Gasteiger partial charge in [0, 0.05) is 25.2 Å². The minimum absolute atomic E-state index is 0.0177. The van der Waals surface area contributed by atoms with Crippen molar-refractivity contribution < 1.29 is 14.3 Å². The van der Waals surface area contributed by atoms with Crippen LogP contribution in [0.3, 0.4) is 0 Å². The van der Waals surface area contributed by atoms with E-state index in [2.05, 4.69) is 23.6 Å². The molecule has 0 amide bonds. The predicted molar refractivity (Wildman–Crippen MR) is 93.5 cm³/mol. The van der Waals surface area contributed by atoms with Gasteiger partial charge in [-0.2, -0.15) is 0 Å². The lowest BCUT2D eigenvalue weighted by Gasteiger charge is -2.54. The number of carbonyl (C=O) groups excluding carboxylic acids is 1. The van der Waals surface area contributed by atoms with Crippen molar-refractivity contribution in [3.05, 3.63) is 0 Å². The van der Waals surface area contributed by atoms with Crippen LogP contribution < -0.4 is 0 Å². The van der Waals surface area contributed by atoms with E-state index in [4.69, 9.17) is 9.47 Å². The summed E-state index contributed by atoms with van der Waals surface area (Å²) < 4.78 is 11.8. The average Bonchev–Trinajstić information content (AvgIpc) is 3.08. The molecule has 3 fully saturated rings. The van der Waals surface area contributed by atoms with Crippen molar-refractivity contribution in [2.75, 3.05) is 26.2 Å². The van der Waals surface area contributed by atoms with Crippen molar-refractivity contribution in [2.24, 2.45) is 5.92 Å². The molecule has 24 heavy (non-hydrogen) atoms. The fourth-order valence-corrected chi connectivity index (χ4v) is 4.28. The van der Waals surface area contributed by atoms with Gasteiger partial charge >= 0.3 is 5.97 Å². The highest BCUT2D eigenvalue weighted by Crippen LogP contribution is 2.36. The van der Waals surface area contributed by atoms with Crippen LogP contribution in [0.1, 0.15) is 65.7 Å². The maximum atomic E-state index is 11.9. The Hall–Kier alpha value is -0.650. The van der Waals surface area contributed by atoms with Crippen LogP contribution in [0.5, 0.6) is 0 Å². The quantitative estimate of drug-likeness (QED) is 0.697. The number of carbonyl (C=O) groups is 1. The molecular formula is C19H34N2O3. The van der Waals surface area contributed by atoms with Crippen LogP contribution in [0.15, 0.2) is 0 Å². The predicted octanol–water partition coefficient (Wildman–Crippen LogP) is 2.99. The molecule has 2 aliphatic heterocycles. The van der Waals surface area contributed by atoms with Crippen LogP contribution in [-0.2, 0) is 14.3 Å². The summed E-state index contributed by atoms with van der Waals surface area (Å²) in [5.74, 6) is 0.0615. The number of likely N-dealkylation sites (tertiary alicyclic amines) is 2. The molecular weight excluding hydrogens is 304 g/mol. The lowest BCUT2D eigenvalue weighted by Crippen LogP contribution is -2.65. The first-order chi connectivity index (χ1) is 11.5. The topological polar surface area (TPSA) is 42.0 Å². The normalized spacial score (nSPS) is 32.3. The van der Waals surface area contributed by atoms with Crippen LogP contribution in [-0.4, -0.2) is 60.0 Å². The number of nitrogens with zero attached hydrogens (tertiary/aromatic N) is 2. The minimum Gasteiger partial charge on any atom is -0.466 e. The van der Waals surface area contributed by atoms with E-state index in [1.54, 1.807) is 0 Å². The van der Waals surface area contributed by atoms with Crippen molar-refractivity contribution in [1.82, 2.24) is 9.80 Å². The van der Waals surface area contributed by atoms with Crippen molar-refractivity contribution in [2.45, 2.75) is 83.7 Å². The van der Waals surface area contributed by atoms with Gasteiger partial charge in [-0.25, -0.2) is 0 Å². The number of ether oxygens (including phenoxy) is 2. The van der Waals surface area contributed by atoms with E-state index < -0.39 is 0 Å². The fraction of sp³-hybridized carbons (Fsp3) is 0.947. The molecule has 1 atom stereocenters. The molecule has 3 aliphatic rings. The maximum Gasteiger partial charge on any atom is 0.308 e. The molecule has 5 nitrogen and oxygen atoms in total. The first-order valence-electron chi connectivity index (χ1n) is 9.84. The molecule has 3 rings (SSSR count). The molecule has 0 aromatic rings. The smallest absolute Gasteiger partial charge is 0.308 e. The van der Waals surface area contributed by atoms with Crippen molar-refractivity contribution >= 4 is 5.97 Å². The number of hydrogen-bond donors (Lipinski definition) is 0. The first kappa shape index (κ1) is 18.2. The highest BCUT2D eigenvalue weighted by molar-refractivity contribution is 5.72. The van der Waals surface area contributed by atoms with E-state index in [9.17, 15) is 4.79 Å². The average molecular weight is 338 g/mol. The zero-order valence-corrected chi connectivity index (χ0v) is 15.6. The van der Waals surface area contributed by atoms with E-state index in [1.807, 2.05) is 6.92 Å². The number of rotatable bonds is 6. The molecule has 2 saturated heterocycles. The van der Waals surface area contributed by atoms with E-state index >= 15 is 0 Å². The monoisotopic (exact) mass is 338 g/mol. The van der Waals surface area contributed by atoms with Crippen LogP contribution in [0.4, 0.5) is 0 Å². The summed E-state index contributed by atoms with van der Waals surface area (Å²) in [6, 6.07) is 0. The Morgan fingerprint density at radius 3 is 2.29 bits per heavy atom. The summed E-state index contributed by atoms with van der Waals surface area (Å²) in [5, 5.41) is 0. The Balaban J connectivity index is 1.55. The highest BCUT2D eigenvalue weighted by atomic mass is 16.5. The van der Waals surface area contributed by atoms with Gasteiger partial charge in [-0.05, 0) is 65.7 Å². The molecule has 1 unspecified atom stereocenters. The summed E-state index contributed by atoms with van der Waals surface area (Å²) in [7, 11) is 0. The molecule has 0 spiro atoms. The van der Waals surface area contributed by atoms with Gasteiger partial charge in [0.2, 0.25) is 0 Å². The Labute approximate surface area is 146 Å². The van der Waals surface area contributed by atoms with E-state index in [-0.39, 0.29) is 29.9 Å². The van der Waals surface area contributed by atoms with Crippen molar-refractivity contribution in [3.63, 3.8) is 0 Å². The van der Waals surface area contributed by atoms with E-state index in [0.717, 1.165) is 45.3 Å². The van der Waals surface area contributed by atoms with Gasteiger partial charge in [-0.15, -0.1) is 0 Å². The second kappa shape index (κ2) is 7.71. The van der Waals surface area contributed by atoms with Gasteiger partial charge in [-0.3, -0.25) is 14.6 Å². The summed E-state index contributed by atoms with van der Waals surface area (Å²) >= 11 is 0. The van der Waals surface area contributed by atoms with Gasteiger partial charge in [0.25, 0.3) is 0 Å². The molecule has 1 aliphatic carbocycles. The molecule has 0 aromatic carbocycles. The standard InChI is InChI=1S/C19H34N2O3/c1-4-23-17(22)15-7-9-16(10-8-15)24-18(20-12-5-6-13-20)21-14-11-19(21,2)3/h15-16,18H,4-14H2,1-3H3. The molecule has 0 aromatic heterocycles. The van der Waals surface area contributed by atoms with Crippen molar-refractivity contribution in [1.29, 1.82) is 0 Å². The van der Waals surface area contributed by atoms with Crippen LogP contribution >= 0.6 is 0 Å². The molecule has 0 N–H and O–H groups in total. The Morgan fingerprint density at radius 2 is 1.79 bits per heavy atom. The van der Waals surface area contributed by atoms with Gasteiger partial charge < -0.3 is 9.47 Å². The Kier molecular flexibility index (Phi) is 5.83. The third-order valence-corrected chi connectivity index (χ3v) is 6.07.